The van der Waals surface area contributed by atoms with Crippen molar-refractivity contribution in [3.63, 3.8) is 0 Å². The topological polar surface area (TPSA) is 65.8 Å². The van der Waals surface area contributed by atoms with Gasteiger partial charge in [0.2, 0.25) is 0 Å². The van der Waals surface area contributed by atoms with Gasteiger partial charge in [0.05, 0.1) is 21.8 Å². The maximum atomic E-state index is 12.4. The largest absolute Gasteiger partial charge is 0.244 e. The molecule has 2 atom stereocenters. The molecule has 1 aliphatic carbocycles. The Morgan fingerprint density at radius 2 is 2.25 bits per heavy atom. The normalized spacial score (nSPS) is 23.8. The van der Waals surface area contributed by atoms with Gasteiger partial charge in [-0.15, -0.1) is 0 Å². The first-order valence-electron chi connectivity index (χ1n) is 6.54. The number of nitrogens with one attached hydrogen (secondary N) is 1. The van der Waals surface area contributed by atoms with Crippen LogP contribution in [0, 0.1) is 11.3 Å². The second-order valence-corrected chi connectivity index (χ2v) is 8.37. The molecule has 4 nitrogen and oxygen atoms in total. The lowest BCUT2D eigenvalue weighted by Crippen LogP contribution is -2.49. The van der Waals surface area contributed by atoms with Gasteiger partial charge in [-0.25, -0.2) is 13.9 Å². The van der Waals surface area contributed by atoms with Crippen LogP contribution in [0.15, 0.2) is 12.3 Å². The number of halogens is 1. The maximum Gasteiger partial charge on any atom is 0.144 e. The summed E-state index contributed by atoms with van der Waals surface area (Å²) >= 11 is 5.92. The molecule has 0 amide bonds. The Kier molecular flexibility index (Phi) is 4.19. The molecule has 0 spiro atoms. The number of aromatic nitrogens is 1. The quantitative estimate of drug-likeness (QED) is 0.854. The molecule has 0 fully saturated rings. The second kappa shape index (κ2) is 5.44. The van der Waals surface area contributed by atoms with Crippen molar-refractivity contribution in [2.24, 2.45) is 0 Å². The van der Waals surface area contributed by atoms with Crippen LogP contribution >= 0.6 is 11.6 Å². The fourth-order valence-electron chi connectivity index (χ4n) is 2.29. The van der Waals surface area contributed by atoms with Crippen LogP contribution in [0.1, 0.15) is 44.7 Å². The fourth-order valence-corrected chi connectivity index (χ4v) is 3.35. The van der Waals surface area contributed by atoms with E-state index in [-0.39, 0.29) is 0 Å². The van der Waals surface area contributed by atoms with E-state index in [4.69, 9.17) is 11.6 Å². The van der Waals surface area contributed by atoms with E-state index in [2.05, 4.69) is 15.8 Å². The van der Waals surface area contributed by atoms with E-state index in [1.54, 1.807) is 12.3 Å². The second-order valence-electron chi connectivity index (χ2n) is 6.02. The number of nitriles is 1. The lowest BCUT2D eigenvalue weighted by Gasteiger charge is -2.35. The molecule has 108 valence electrons. The summed E-state index contributed by atoms with van der Waals surface area (Å²) in [5.41, 5.74) is 0.869. The van der Waals surface area contributed by atoms with Gasteiger partial charge in [0.1, 0.15) is 10.7 Å². The average Bonchev–Trinajstić information content (AvgIpc) is 2.37. The zero-order chi connectivity index (χ0) is 15.0. The van der Waals surface area contributed by atoms with Crippen LogP contribution in [-0.4, -0.2) is 13.9 Å². The van der Waals surface area contributed by atoms with E-state index in [1.165, 1.54) is 0 Å². The van der Waals surface area contributed by atoms with Crippen LogP contribution < -0.4 is 4.72 Å². The van der Waals surface area contributed by atoms with Crippen molar-refractivity contribution in [3.8, 4) is 6.07 Å². The minimum atomic E-state index is -1.32. The molecule has 0 aliphatic heterocycles. The molecule has 2 rings (SSSR count). The smallest absolute Gasteiger partial charge is 0.144 e. The summed E-state index contributed by atoms with van der Waals surface area (Å²) in [4.78, 5) is 4.08. The summed E-state index contributed by atoms with van der Waals surface area (Å²) < 4.78 is 15.0. The Hall–Kier alpha value is -0.960. The van der Waals surface area contributed by atoms with Crippen molar-refractivity contribution in [2.75, 3.05) is 0 Å². The Morgan fingerprint density at radius 3 is 2.85 bits per heavy atom. The fraction of sp³-hybridized carbons (Fsp3) is 0.571. The predicted molar refractivity (Wildman–Crippen MR) is 80.5 cm³/mol. The molecule has 1 aliphatic rings. The van der Waals surface area contributed by atoms with Gasteiger partial charge < -0.3 is 0 Å². The van der Waals surface area contributed by atoms with E-state index >= 15 is 0 Å². The van der Waals surface area contributed by atoms with Crippen LogP contribution in [0.25, 0.3) is 0 Å². The summed E-state index contributed by atoms with van der Waals surface area (Å²) in [5.74, 6) is 0. The van der Waals surface area contributed by atoms with Gasteiger partial charge in [-0.2, -0.15) is 5.26 Å². The van der Waals surface area contributed by atoms with Crippen molar-refractivity contribution >= 4 is 22.6 Å². The van der Waals surface area contributed by atoms with Crippen LogP contribution in [0.3, 0.4) is 0 Å². The third-order valence-electron chi connectivity index (χ3n) is 3.43. The van der Waals surface area contributed by atoms with Gasteiger partial charge in [-0.1, -0.05) is 11.6 Å². The van der Waals surface area contributed by atoms with Crippen molar-refractivity contribution in [1.82, 2.24) is 9.71 Å². The molecule has 1 aromatic heterocycles. The number of aryl methyl sites for hydroxylation is 1. The molecule has 1 unspecified atom stereocenters. The van der Waals surface area contributed by atoms with Crippen LogP contribution in [0.2, 0.25) is 5.15 Å². The van der Waals surface area contributed by atoms with Crippen molar-refractivity contribution < 1.29 is 4.21 Å². The Labute approximate surface area is 127 Å². The molecule has 20 heavy (non-hydrogen) atoms. The van der Waals surface area contributed by atoms with Crippen LogP contribution in [0.5, 0.6) is 0 Å². The minimum Gasteiger partial charge on any atom is -0.244 e. The first-order chi connectivity index (χ1) is 9.28. The zero-order valence-electron chi connectivity index (χ0n) is 11.9. The highest BCUT2D eigenvalue weighted by Gasteiger charge is 2.40. The van der Waals surface area contributed by atoms with Gasteiger partial charge in [-0.3, -0.25) is 0 Å². The molecule has 6 heteroatoms. The monoisotopic (exact) mass is 311 g/mol. The highest BCUT2D eigenvalue weighted by atomic mass is 35.5. The number of pyridine rings is 1. The SMILES string of the molecule is CC(C)(C)[S@](=O)NC1(C#N)CCCc2cc(Cl)ncc21. The van der Waals surface area contributed by atoms with Gasteiger partial charge in [0.25, 0.3) is 0 Å². The Bertz CT molecular complexity index is 591. The first kappa shape index (κ1) is 15.4. The third-order valence-corrected chi connectivity index (χ3v) is 5.28. The summed E-state index contributed by atoms with van der Waals surface area (Å²) in [5, 5.41) is 10.1. The molecular weight excluding hydrogens is 294 g/mol. The molecular formula is C14H18ClN3OS. The standard InChI is InChI=1S/C14H18ClN3OS/c1-13(2,3)20(19)18-14(9-16)6-4-5-10-7-12(15)17-8-11(10)14/h7-8,18H,4-6H2,1-3H3/t14?,20-/m0/s1. The van der Waals surface area contributed by atoms with Gasteiger partial charge >= 0.3 is 0 Å². The number of rotatable bonds is 2. The van der Waals surface area contributed by atoms with E-state index < -0.39 is 21.3 Å². The van der Waals surface area contributed by atoms with Crippen LogP contribution in [-0.2, 0) is 22.9 Å². The maximum absolute atomic E-state index is 12.4. The highest BCUT2D eigenvalue weighted by molar-refractivity contribution is 7.84. The van der Waals surface area contributed by atoms with Gasteiger partial charge in [0.15, 0.2) is 0 Å². The molecule has 1 heterocycles. The number of nitrogens with zero attached hydrogens (tertiary/aromatic N) is 2. The van der Waals surface area contributed by atoms with Gasteiger partial charge in [0, 0.05) is 11.8 Å². The number of hydrogen-bond donors (Lipinski definition) is 1. The van der Waals surface area contributed by atoms with Crippen LogP contribution in [0.4, 0.5) is 0 Å². The Morgan fingerprint density at radius 1 is 1.55 bits per heavy atom. The molecule has 0 radical (unpaired) electrons. The number of fused-ring (bicyclic) bond motifs is 1. The first-order valence-corrected chi connectivity index (χ1v) is 8.07. The van der Waals surface area contributed by atoms with Crippen molar-refractivity contribution in [2.45, 2.75) is 50.3 Å². The molecule has 0 saturated carbocycles. The molecule has 0 bridgehead atoms. The lowest BCUT2D eigenvalue weighted by atomic mass is 9.79. The summed E-state index contributed by atoms with van der Waals surface area (Å²) in [6.45, 7) is 5.64. The predicted octanol–water partition coefficient (Wildman–Crippen LogP) is 2.84. The van der Waals surface area contributed by atoms with E-state index in [0.29, 0.717) is 11.6 Å². The minimum absolute atomic E-state index is 0.425. The summed E-state index contributed by atoms with van der Waals surface area (Å²) in [7, 11) is -1.32. The third kappa shape index (κ3) is 2.88. The zero-order valence-corrected chi connectivity index (χ0v) is 13.4. The molecule has 0 aromatic carbocycles. The van der Waals surface area contributed by atoms with E-state index in [1.807, 2.05) is 20.8 Å². The van der Waals surface area contributed by atoms with Gasteiger partial charge in [-0.05, 0) is 51.7 Å². The average molecular weight is 312 g/mol. The molecule has 1 N–H and O–H groups in total. The Balaban J connectivity index is 2.44. The summed E-state index contributed by atoms with van der Waals surface area (Å²) in [6, 6.07) is 4.10. The lowest BCUT2D eigenvalue weighted by molar-refractivity contribution is 0.427. The highest BCUT2D eigenvalue weighted by Crippen LogP contribution is 2.36. The van der Waals surface area contributed by atoms with Crippen molar-refractivity contribution in [1.29, 1.82) is 5.26 Å². The molecule has 0 saturated heterocycles. The number of hydrogen-bond acceptors (Lipinski definition) is 3. The summed E-state index contributed by atoms with van der Waals surface area (Å²) in [6.07, 6.45) is 3.98. The van der Waals surface area contributed by atoms with E-state index in [9.17, 15) is 9.47 Å². The molecule has 1 aromatic rings. The van der Waals surface area contributed by atoms with E-state index in [0.717, 1.165) is 24.0 Å². The van der Waals surface area contributed by atoms with Crippen molar-refractivity contribution in [3.05, 3.63) is 28.5 Å².